The molecule has 714 valence electrons. The van der Waals surface area contributed by atoms with Crippen LogP contribution in [0.4, 0.5) is 39.5 Å². The van der Waals surface area contributed by atoms with Gasteiger partial charge in [0, 0.05) is 11.5 Å². The van der Waals surface area contributed by atoms with Gasteiger partial charge in [-0.25, -0.2) is 16.8 Å². The summed E-state index contributed by atoms with van der Waals surface area (Å²) < 4.78 is 240. The smallest absolute Gasteiger partial charge is 0.504 e. The van der Waals surface area contributed by atoms with Gasteiger partial charge < -0.3 is 24.3 Å². The first kappa shape index (κ1) is 126. The predicted molar refractivity (Wildman–Crippen MR) is 497 cm³/mol. The Bertz CT molecular complexity index is 5180. The topological polar surface area (TPSA) is 277 Å². The quantitative estimate of drug-likeness (QED) is 0.00771. The number of esters is 2. The third-order valence-corrected chi connectivity index (χ3v) is 27.1. The minimum atomic E-state index is -7.49. The van der Waals surface area contributed by atoms with Gasteiger partial charge in [-0.2, -0.15) is 56.3 Å². The number of fused-ring (bicyclic) bond motifs is 3. The van der Waals surface area contributed by atoms with E-state index in [1.807, 2.05) is 90.9 Å². The van der Waals surface area contributed by atoms with E-state index in [9.17, 15) is 82.8 Å². The van der Waals surface area contributed by atoms with E-state index in [2.05, 4.69) is 81.7 Å². The van der Waals surface area contributed by atoms with Crippen molar-refractivity contribution in [1.82, 2.24) is 0 Å². The molecule has 8 aromatic rings. The predicted octanol–water partition coefficient (Wildman–Crippen LogP) is 28.1. The largest absolute Gasteiger partial charge is 0.508 e. The first-order valence-corrected chi connectivity index (χ1v) is 43.7. The summed E-state index contributed by atoms with van der Waals surface area (Å²) in [7, 11) is -23.5. The van der Waals surface area contributed by atoms with Crippen molar-refractivity contribution in [1.29, 1.82) is 0 Å². The Morgan fingerprint density at radius 3 is 1.32 bits per heavy atom. The number of phenolic OH excluding ortho intramolecular Hbond substituents is 1. The molecule has 0 bridgehead atoms. The molecule has 0 aliphatic heterocycles. The first-order valence-electron chi connectivity index (χ1n) is 37.9. The number of carbonyl (C=O) groups is 2. The number of aromatic hydroxyl groups is 1. The van der Waals surface area contributed by atoms with Crippen LogP contribution < -0.4 is 4.18 Å². The maximum absolute atomic E-state index is 14.3. The average Bonchev–Trinajstić information content (AvgIpc) is 1.14. The molecule has 18 nitrogen and oxygen atoms in total. The van der Waals surface area contributed by atoms with Gasteiger partial charge in [0.25, 0.3) is 19.7 Å². The van der Waals surface area contributed by atoms with Crippen LogP contribution in [0.15, 0.2) is 221 Å². The summed E-state index contributed by atoms with van der Waals surface area (Å²) in [5.41, 5.74) is 15.7. The summed E-state index contributed by atoms with van der Waals surface area (Å²) >= 11 is 0. The Morgan fingerprint density at radius 1 is 0.480 bits per heavy atom. The van der Waals surface area contributed by atoms with E-state index in [1.54, 1.807) is 44.2 Å². The monoisotopic (exact) mass is 1870 g/mol. The standard InChI is InChI=1S/C21H18F9NO6S2.C21H24O2.C17H18N2O4S2.C17H24O2.C10H14O.10CH4/c1-3-13(2)14-9-11-16(12-10-14)36-38(32,33)20(27,28)19(25,26)21(29,30)39(34,35)37-31-17(18(22,23)24)15-7-5-4-6-8-15;1-5-21(3,4)20(22)23-14(2)15-10-11-19-17(12-15)13-16-8-6-7-9-18(16)19;1-3-13(2)14-9-11-16(12-10-14)25(22,23)17(19-18)24(20,21)15-7-5-4-6-8-15;1-3-13(2)17(18)19-16(15-11-7-8-12-15)14-9-5-4-6-10-14;1-3-8(2)9-4-6-10(11)7-5-9;;;;;;;;;;/h4-13H,3H2,1-2H3;6-12,14H,5,13H2,1-4H3;4-13H,3H2,1-2H3;4-6,9-10,13,15-16H,3,7-8,11-12H2,1-2H3;4-8,11H,3H2,1-2H3;10*1H4/b31-17-;;;;;;;;;;;;;;. The number of halogens is 9. The molecule has 2 aliphatic carbocycles. The van der Waals surface area contributed by atoms with Gasteiger partial charge in [0.2, 0.25) is 0 Å². The number of alkyl halides is 9. The van der Waals surface area contributed by atoms with Crippen molar-refractivity contribution >= 4 is 61.9 Å². The molecule has 10 rings (SSSR count). The van der Waals surface area contributed by atoms with E-state index < -0.39 is 89.3 Å². The fourth-order valence-corrected chi connectivity index (χ4v) is 16.8. The highest BCUT2D eigenvalue weighted by Gasteiger charge is 2.84. The molecule has 1 fully saturated rings. The van der Waals surface area contributed by atoms with Crippen LogP contribution in [0.3, 0.4) is 0 Å². The number of hydrogen-bond acceptors (Lipinski definition) is 16. The lowest BCUT2D eigenvalue weighted by molar-refractivity contribution is -0.247. The number of ether oxygens (including phenoxy) is 2. The van der Waals surface area contributed by atoms with Crippen molar-refractivity contribution in [2.75, 3.05) is 0 Å². The number of rotatable bonds is 26. The second kappa shape index (κ2) is 54.0. The summed E-state index contributed by atoms with van der Waals surface area (Å²) in [5.74, 6) is -6.96. The van der Waals surface area contributed by atoms with Crippen molar-refractivity contribution in [2.45, 2.75) is 284 Å². The molecule has 6 atom stereocenters. The highest BCUT2D eigenvalue weighted by molar-refractivity contribution is 8.31. The van der Waals surface area contributed by atoms with Crippen molar-refractivity contribution in [3.63, 3.8) is 0 Å². The van der Waals surface area contributed by atoms with E-state index in [0.717, 1.165) is 73.1 Å². The third-order valence-electron chi connectivity index (χ3n) is 20.4. The van der Waals surface area contributed by atoms with Crippen LogP contribution in [0, 0.1) is 17.3 Å². The van der Waals surface area contributed by atoms with Crippen LogP contribution in [0.1, 0.15) is 290 Å². The number of hydrogen-bond donors (Lipinski definition) is 1. The van der Waals surface area contributed by atoms with Crippen LogP contribution in [-0.2, 0) is 69.7 Å². The molecule has 1 N–H and O–H groups in total. The maximum Gasteiger partial charge on any atom is 0.504 e. The van der Waals surface area contributed by atoms with Gasteiger partial charge in [-0.15, -0.1) is 4.79 Å². The lowest BCUT2D eigenvalue weighted by Crippen LogP contribution is -2.61. The summed E-state index contributed by atoms with van der Waals surface area (Å²) in [6, 6.07) is 53.8. The van der Waals surface area contributed by atoms with Crippen LogP contribution in [0.25, 0.3) is 16.7 Å². The van der Waals surface area contributed by atoms with E-state index in [-0.39, 0.29) is 126 Å². The number of carbonyl (C=O) groups excluding carboxylic acids is 2. The molecule has 0 heterocycles. The fraction of sp³-hybridized carbons (Fsp3) is 0.458. The molecule has 8 aromatic carbocycles. The summed E-state index contributed by atoms with van der Waals surface area (Å²) in [5, 5.41) is -3.16. The van der Waals surface area contributed by atoms with Gasteiger partial charge in [0.15, 0.2) is 5.71 Å². The van der Waals surface area contributed by atoms with Crippen LogP contribution >= 0.6 is 0 Å². The van der Waals surface area contributed by atoms with Crippen molar-refractivity contribution < 1.29 is 111 Å². The Kier molecular flexibility index (Phi) is 53.5. The second-order valence-electron chi connectivity index (χ2n) is 29.0. The number of phenols is 1. The van der Waals surface area contributed by atoms with E-state index >= 15 is 0 Å². The van der Waals surface area contributed by atoms with E-state index in [1.165, 1.54) is 108 Å². The van der Waals surface area contributed by atoms with E-state index in [0.29, 0.717) is 41.7 Å². The second-order valence-corrected chi connectivity index (χ2v) is 36.1. The molecule has 0 saturated heterocycles. The Hall–Kier alpha value is -9.68. The lowest BCUT2D eigenvalue weighted by Gasteiger charge is -2.30. The molecular weight excluding hydrogens is 1730 g/mol. The van der Waals surface area contributed by atoms with E-state index in [4.69, 9.17) is 20.1 Å². The molecule has 0 radical (unpaired) electrons. The number of sulfone groups is 2. The molecule has 31 heteroatoms. The molecule has 2 aliphatic rings. The molecule has 0 amide bonds. The minimum Gasteiger partial charge on any atom is -0.508 e. The van der Waals surface area contributed by atoms with Gasteiger partial charge in [-0.1, -0.05) is 312 Å². The maximum atomic E-state index is 14.3. The Labute approximate surface area is 753 Å². The molecule has 6 unspecified atom stereocenters. The van der Waals surface area contributed by atoms with Crippen molar-refractivity contribution in [3.8, 4) is 22.6 Å². The molecule has 127 heavy (non-hydrogen) atoms. The zero-order valence-corrected chi connectivity index (χ0v) is 70.0. The fourth-order valence-electron chi connectivity index (χ4n) is 11.7. The van der Waals surface area contributed by atoms with Gasteiger partial charge in [0.05, 0.1) is 21.1 Å². The summed E-state index contributed by atoms with van der Waals surface area (Å²) in [6.45, 7) is 23.7. The number of benzene rings is 8. The zero-order chi connectivity index (χ0) is 87.3. The van der Waals surface area contributed by atoms with Gasteiger partial charge in [-0.3, -0.25) is 13.9 Å². The molecular formula is C96H138F9N3O15S4. The third kappa shape index (κ3) is 31.6. The lowest BCUT2D eigenvalue weighted by atomic mass is 9.90. The van der Waals surface area contributed by atoms with Gasteiger partial charge >= 0.3 is 59.2 Å². The molecule has 0 aromatic heterocycles. The highest BCUT2D eigenvalue weighted by atomic mass is 32.3. The van der Waals surface area contributed by atoms with Crippen LogP contribution in [0.2, 0.25) is 0 Å². The number of nitrogens with zero attached hydrogens (tertiary/aromatic N) is 3. The molecule has 1 saturated carbocycles. The first-order chi connectivity index (χ1) is 54.7. The van der Waals surface area contributed by atoms with Crippen molar-refractivity contribution in [2.24, 2.45) is 22.4 Å². The SMILES string of the molecule is C.C.C.C.C.C.C.C.C.C.CCC(C)(C)C(=O)OC(C)c1ccc2c(c1)Cc1ccccc1-2.CCC(C)C(=O)OC(c1ccccc1)C1CCCC1.CCC(C)c1ccc(O)cc1.CCC(C)c1ccc(OS(=O)(=O)C(F)(F)C(F)(F)C(F)(F)S(=O)(=O)O/N=C(/c2ccccc2)C(F)(F)F)cc1.CCC(C)c1ccc(S(=O)(=O)C(=[N+]=[N-])S(=O)(=O)c2ccccc2)cc1. The molecule has 0 spiro atoms. The minimum absolute atomic E-state index is 0. The zero-order valence-electron chi connectivity index (χ0n) is 66.8. The Balaban J connectivity index is -0.000000500. The number of oxime groups is 1. The van der Waals surface area contributed by atoms with Crippen LogP contribution in [0.5, 0.6) is 11.5 Å². The van der Waals surface area contributed by atoms with Gasteiger partial charge in [0.1, 0.15) is 23.7 Å². The van der Waals surface area contributed by atoms with Crippen molar-refractivity contribution in [3.05, 3.63) is 256 Å². The normalized spacial score (nSPS) is 13.7. The average molecular weight is 1870 g/mol. The van der Waals surface area contributed by atoms with Gasteiger partial charge in [-0.05, 0) is 188 Å². The van der Waals surface area contributed by atoms with Crippen LogP contribution in [-0.4, -0.2) is 88.2 Å². The Morgan fingerprint density at radius 2 is 0.882 bits per heavy atom. The summed E-state index contributed by atoms with van der Waals surface area (Å²) in [6.07, 6.45) is 4.19. The summed E-state index contributed by atoms with van der Waals surface area (Å²) in [4.78, 5) is 26.5. The highest BCUT2D eigenvalue weighted by Crippen LogP contribution is 2.52.